The van der Waals surface area contributed by atoms with Crippen LogP contribution in [-0.2, 0) is 9.53 Å². The summed E-state index contributed by atoms with van der Waals surface area (Å²) in [5, 5.41) is 9.59. The Kier molecular flexibility index (Phi) is 11.3. The normalized spacial score (nSPS) is 16.9. The lowest BCUT2D eigenvalue weighted by atomic mass is 10.0. The van der Waals surface area contributed by atoms with Gasteiger partial charge >= 0.3 is 0 Å². The third-order valence-corrected chi connectivity index (χ3v) is 4.52. The lowest BCUT2D eigenvalue weighted by Gasteiger charge is -2.20. The molecule has 0 heterocycles. The number of rotatable bonds is 11. The Morgan fingerprint density at radius 2 is 1.92 bits per heavy atom. The van der Waals surface area contributed by atoms with E-state index < -0.39 is 0 Å². The van der Waals surface area contributed by atoms with Crippen molar-refractivity contribution in [1.82, 2.24) is 16.0 Å². The fourth-order valence-corrected chi connectivity index (χ4v) is 3.13. The Morgan fingerprint density at radius 1 is 1.20 bits per heavy atom. The Labute approximate surface area is 153 Å². The number of carbonyl (C=O) groups excluding carboxylic acids is 1. The highest BCUT2D eigenvalue weighted by Gasteiger charge is 2.16. The van der Waals surface area contributed by atoms with E-state index in [9.17, 15) is 4.79 Å². The van der Waals surface area contributed by atoms with Gasteiger partial charge < -0.3 is 20.7 Å². The standard InChI is InChI=1S/C19H38N4O2/c1-5-20-19(21-13-11-17(15(3)4)25-6-2)22-14-12-18(24)23-16-9-7-8-10-16/h15-17H,5-14H2,1-4H3,(H,23,24)(H2,20,21,22). The van der Waals surface area contributed by atoms with Crippen LogP contribution in [0.3, 0.4) is 0 Å². The molecule has 3 N–H and O–H groups in total. The van der Waals surface area contributed by atoms with Crippen LogP contribution >= 0.6 is 0 Å². The summed E-state index contributed by atoms with van der Waals surface area (Å²) in [6.45, 7) is 11.3. The van der Waals surface area contributed by atoms with Gasteiger partial charge in [-0.1, -0.05) is 26.7 Å². The van der Waals surface area contributed by atoms with Crippen molar-refractivity contribution in [2.45, 2.75) is 78.4 Å². The molecule has 0 radical (unpaired) electrons. The first-order valence-electron chi connectivity index (χ1n) is 9.99. The lowest BCUT2D eigenvalue weighted by molar-refractivity contribution is -0.121. The van der Waals surface area contributed by atoms with Gasteiger partial charge in [0.05, 0.1) is 6.10 Å². The van der Waals surface area contributed by atoms with Crippen LogP contribution < -0.4 is 16.0 Å². The first-order valence-corrected chi connectivity index (χ1v) is 9.99. The van der Waals surface area contributed by atoms with E-state index in [0.717, 1.165) is 38.4 Å². The average molecular weight is 355 g/mol. The molecule has 0 spiro atoms. The van der Waals surface area contributed by atoms with E-state index in [1.165, 1.54) is 12.8 Å². The molecule has 1 rings (SSSR count). The molecule has 1 unspecified atom stereocenters. The summed E-state index contributed by atoms with van der Waals surface area (Å²) in [4.78, 5) is 16.6. The Balaban J connectivity index is 2.30. The Morgan fingerprint density at radius 3 is 2.52 bits per heavy atom. The molecule has 6 heteroatoms. The zero-order chi connectivity index (χ0) is 18.5. The Bertz CT molecular complexity index is 393. The van der Waals surface area contributed by atoms with E-state index in [1.807, 2.05) is 13.8 Å². The van der Waals surface area contributed by atoms with Gasteiger partial charge in [0.2, 0.25) is 5.91 Å². The van der Waals surface area contributed by atoms with Gasteiger partial charge in [-0.3, -0.25) is 9.79 Å². The molecular formula is C19H38N4O2. The first-order chi connectivity index (χ1) is 12.1. The fourth-order valence-electron chi connectivity index (χ4n) is 3.13. The number of aliphatic imine (C=N–C) groups is 1. The molecule has 25 heavy (non-hydrogen) atoms. The summed E-state index contributed by atoms with van der Waals surface area (Å²) in [5.74, 6) is 1.40. The van der Waals surface area contributed by atoms with E-state index in [1.54, 1.807) is 0 Å². The zero-order valence-electron chi connectivity index (χ0n) is 16.6. The van der Waals surface area contributed by atoms with Crippen LogP contribution in [0.25, 0.3) is 0 Å². The highest BCUT2D eigenvalue weighted by atomic mass is 16.5. The molecule has 1 saturated carbocycles. The summed E-state index contributed by atoms with van der Waals surface area (Å²) in [7, 11) is 0. The fraction of sp³-hybridized carbons (Fsp3) is 0.895. The molecular weight excluding hydrogens is 316 g/mol. The summed E-state index contributed by atoms with van der Waals surface area (Å²) < 4.78 is 5.76. The van der Waals surface area contributed by atoms with Crippen molar-refractivity contribution in [3.05, 3.63) is 0 Å². The molecule has 1 atom stereocenters. The molecule has 0 aromatic heterocycles. The van der Waals surface area contributed by atoms with Gasteiger partial charge in [0, 0.05) is 38.7 Å². The second kappa shape index (κ2) is 13.0. The number of nitrogens with one attached hydrogen (secondary N) is 3. The minimum absolute atomic E-state index is 0.131. The first kappa shape index (κ1) is 21.7. The molecule has 1 amide bonds. The van der Waals surface area contributed by atoms with Gasteiger partial charge in [-0.2, -0.15) is 0 Å². The maximum Gasteiger partial charge on any atom is 0.221 e. The third kappa shape index (κ3) is 9.68. The van der Waals surface area contributed by atoms with Crippen molar-refractivity contribution in [3.63, 3.8) is 0 Å². The second-order valence-electron chi connectivity index (χ2n) is 7.01. The molecule has 0 bridgehead atoms. The summed E-state index contributed by atoms with van der Waals surface area (Å²) >= 11 is 0. The summed E-state index contributed by atoms with van der Waals surface area (Å²) in [6.07, 6.45) is 6.35. The van der Waals surface area contributed by atoms with E-state index in [4.69, 9.17) is 4.74 Å². The molecule has 0 saturated heterocycles. The van der Waals surface area contributed by atoms with Gasteiger partial charge in [0.1, 0.15) is 0 Å². The van der Waals surface area contributed by atoms with Gasteiger partial charge in [-0.25, -0.2) is 0 Å². The molecule has 146 valence electrons. The Hall–Kier alpha value is -1.30. The van der Waals surface area contributed by atoms with Crippen LogP contribution in [0.1, 0.15) is 66.2 Å². The number of carbonyl (C=O) groups is 1. The number of amides is 1. The van der Waals surface area contributed by atoms with E-state index in [-0.39, 0.29) is 12.0 Å². The summed E-state index contributed by atoms with van der Waals surface area (Å²) in [6, 6.07) is 0.390. The van der Waals surface area contributed by atoms with E-state index in [0.29, 0.717) is 31.5 Å². The second-order valence-corrected chi connectivity index (χ2v) is 7.01. The number of nitrogens with zero attached hydrogens (tertiary/aromatic N) is 1. The van der Waals surface area contributed by atoms with Crippen molar-refractivity contribution in [2.24, 2.45) is 10.9 Å². The highest BCUT2D eigenvalue weighted by molar-refractivity contribution is 5.81. The predicted molar refractivity (Wildman–Crippen MR) is 104 cm³/mol. The van der Waals surface area contributed by atoms with Crippen LogP contribution in [0.15, 0.2) is 4.99 Å². The molecule has 6 nitrogen and oxygen atoms in total. The van der Waals surface area contributed by atoms with Gasteiger partial charge in [0.15, 0.2) is 5.96 Å². The number of ether oxygens (including phenoxy) is 1. The van der Waals surface area contributed by atoms with Crippen molar-refractivity contribution in [2.75, 3.05) is 26.2 Å². The molecule has 1 fully saturated rings. The van der Waals surface area contributed by atoms with Crippen molar-refractivity contribution < 1.29 is 9.53 Å². The molecule has 0 aromatic rings. The molecule has 1 aliphatic carbocycles. The topological polar surface area (TPSA) is 74.8 Å². The van der Waals surface area contributed by atoms with Gasteiger partial charge in [-0.15, -0.1) is 0 Å². The highest BCUT2D eigenvalue weighted by Crippen LogP contribution is 2.17. The van der Waals surface area contributed by atoms with Crippen LogP contribution in [-0.4, -0.2) is 50.3 Å². The number of guanidine groups is 1. The smallest absolute Gasteiger partial charge is 0.221 e. The average Bonchev–Trinajstić information content (AvgIpc) is 3.06. The molecule has 1 aliphatic rings. The van der Waals surface area contributed by atoms with Crippen LogP contribution in [0.4, 0.5) is 0 Å². The van der Waals surface area contributed by atoms with Crippen LogP contribution in [0.5, 0.6) is 0 Å². The largest absolute Gasteiger partial charge is 0.378 e. The zero-order valence-corrected chi connectivity index (χ0v) is 16.6. The lowest BCUT2D eigenvalue weighted by Crippen LogP contribution is -2.40. The van der Waals surface area contributed by atoms with E-state index in [2.05, 4.69) is 34.8 Å². The third-order valence-electron chi connectivity index (χ3n) is 4.52. The maximum atomic E-state index is 12.0. The predicted octanol–water partition coefficient (Wildman–Crippen LogP) is 2.44. The monoisotopic (exact) mass is 354 g/mol. The van der Waals surface area contributed by atoms with Crippen molar-refractivity contribution in [3.8, 4) is 0 Å². The quantitative estimate of drug-likeness (QED) is 0.393. The van der Waals surface area contributed by atoms with Crippen LogP contribution in [0.2, 0.25) is 0 Å². The van der Waals surface area contributed by atoms with Crippen molar-refractivity contribution >= 4 is 11.9 Å². The SMILES string of the molecule is CCNC(=NCCC(OCC)C(C)C)NCCC(=O)NC1CCCC1. The minimum atomic E-state index is 0.131. The number of hydrogen-bond donors (Lipinski definition) is 3. The maximum absolute atomic E-state index is 12.0. The summed E-state index contributed by atoms with van der Waals surface area (Å²) in [5.41, 5.74) is 0. The number of hydrogen-bond acceptors (Lipinski definition) is 3. The minimum Gasteiger partial charge on any atom is -0.378 e. The van der Waals surface area contributed by atoms with E-state index >= 15 is 0 Å². The molecule has 0 aromatic carbocycles. The van der Waals surface area contributed by atoms with Crippen LogP contribution in [0, 0.1) is 5.92 Å². The van der Waals surface area contributed by atoms with Gasteiger partial charge in [-0.05, 0) is 39.0 Å². The van der Waals surface area contributed by atoms with Crippen molar-refractivity contribution in [1.29, 1.82) is 0 Å². The molecule has 0 aliphatic heterocycles. The van der Waals surface area contributed by atoms with Gasteiger partial charge in [0.25, 0.3) is 0 Å².